The van der Waals surface area contributed by atoms with Crippen LogP contribution in [0.4, 0.5) is 0 Å². The first-order valence-electron chi connectivity index (χ1n) is 11.2. The Morgan fingerprint density at radius 1 is 0.543 bits per heavy atom. The number of hydrogen-bond acceptors (Lipinski definition) is 4. The molecule has 0 radical (unpaired) electrons. The van der Waals surface area contributed by atoms with E-state index in [1.54, 1.807) is 20.8 Å². The zero-order valence-corrected chi connectivity index (χ0v) is 20.7. The maximum absolute atomic E-state index is 11.7. The van der Waals surface area contributed by atoms with Crippen molar-refractivity contribution in [3.63, 3.8) is 0 Å². The maximum Gasteiger partial charge on any atom is 0.338 e. The molecule has 3 aromatic rings. The van der Waals surface area contributed by atoms with Crippen LogP contribution in [-0.4, -0.2) is 5.97 Å². The standard InChI is InChI=1S/C31H30O4/c1-20(2)22(5)33-29-16-12-27(13-17-29)25-8-10-26(11-9-25)28-14-18-30(19-15-28)34-23(6)24(7)35-31(32)21(3)4/h8-19H,1,3,5H2,2,4,6-7H3/b24-23+. The van der Waals surface area contributed by atoms with Crippen molar-refractivity contribution in [3.8, 4) is 33.8 Å². The highest BCUT2D eigenvalue weighted by atomic mass is 16.6. The van der Waals surface area contributed by atoms with Crippen molar-refractivity contribution in [2.75, 3.05) is 0 Å². The van der Waals surface area contributed by atoms with Crippen LogP contribution >= 0.6 is 0 Å². The van der Waals surface area contributed by atoms with Gasteiger partial charge in [0.2, 0.25) is 0 Å². The first-order chi connectivity index (χ1) is 16.6. The van der Waals surface area contributed by atoms with Crippen molar-refractivity contribution < 1.29 is 19.0 Å². The summed E-state index contributed by atoms with van der Waals surface area (Å²) < 4.78 is 16.7. The van der Waals surface area contributed by atoms with Gasteiger partial charge in [0.25, 0.3) is 0 Å². The third-order valence-electron chi connectivity index (χ3n) is 5.34. The minimum absolute atomic E-state index is 0.337. The van der Waals surface area contributed by atoms with Crippen LogP contribution in [0.2, 0.25) is 0 Å². The van der Waals surface area contributed by atoms with Crippen LogP contribution in [0.1, 0.15) is 27.7 Å². The van der Waals surface area contributed by atoms with Gasteiger partial charge in [0.05, 0.1) is 0 Å². The van der Waals surface area contributed by atoms with Crippen LogP contribution in [0.3, 0.4) is 0 Å². The molecule has 0 amide bonds. The molecular weight excluding hydrogens is 436 g/mol. The molecule has 0 aromatic heterocycles. The first kappa shape index (κ1) is 25.3. The summed E-state index contributed by atoms with van der Waals surface area (Å²) in [5.41, 5.74) is 5.51. The molecule has 0 N–H and O–H groups in total. The first-order valence-corrected chi connectivity index (χ1v) is 11.2. The molecule has 0 bridgehead atoms. The number of carbonyl (C=O) groups excluding carboxylic acids is 1. The quantitative estimate of drug-likeness (QED) is 0.138. The molecule has 0 unspecified atom stereocenters. The molecule has 0 saturated carbocycles. The number of allylic oxidation sites excluding steroid dienone is 3. The van der Waals surface area contributed by atoms with Gasteiger partial charge in [-0.15, -0.1) is 0 Å². The Bertz CT molecular complexity index is 1280. The summed E-state index contributed by atoms with van der Waals surface area (Å²) >= 11 is 0. The molecule has 4 nitrogen and oxygen atoms in total. The second-order valence-electron chi connectivity index (χ2n) is 8.32. The number of benzene rings is 3. The average Bonchev–Trinajstić information content (AvgIpc) is 2.85. The van der Waals surface area contributed by atoms with Crippen molar-refractivity contribution in [2.45, 2.75) is 27.7 Å². The smallest absolute Gasteiger partial charge is 0.338 e. The normalized spacial score (nSPS) is 11.2. The summed E-state index contributed by atoms with van der Waals surface area (Å²) in [6.45, 7) is 18.2. The molecule has 0 fully saturated rings. The molecule has 0 atom stereocenters. The Morgan fingerprint density at radius 2 is 0.914 bits per heavy atom. The molecule has 0 heterocycles. The fourth-order valence-electron chi connectivity index (χ4n) is 3.06. The van der Waals surface area contributed by atoms with E-state index < -0.39 is 5.97 Å². The Labute approximate surface area is 207 Å². The molecule has 35 heavy (non-hydrogen) atoms. The number of rotatable bonds is 9. The van der Waals surface area contributed by atoms with E-state index in [9.17, 15) is 4.79 Å². The molecule has 178 valence electrons. The number of carbonyl (C=O) groups is 1. The van der Waals surface area contributed by atoms with Crippen molar-refractivity contribution in [3.05, 3.63) is 121 Å². The van der Waals surface area contributed by atoms with E-state index in [1.807, 2.05) is 55.5 Å². The van der Waals surface area contributed by atoms with Crippen molar-refractivity contribution in [1.29, 1.82) is 0 Å². The van der Waals surface area contributed by atoms with Crippen molar-refractivity contribution in [2.24, 2.45) is 0 Å². The van der Waals surface area contributed by atoms with Gasteiger partial charge >= 0.3 is 5.97 Å². The summed E-state index contributed by atoms with van der Waals surface area (Å²) in [7, 11) is 0. The zero-order chi connectivity index (χ0) is 25.5. The molecule has 4 heteroatoms. The van der Waals surface area contributed by atoms with Crippen LogP contribution in [-0.2, 0) is 9.53 Å². The third kappa shape index (κ3) is 6.84. The van der Waals surface area contributed by atoms with E-state index in [0.717, 1.165) is 33.6 Å². The van der Waals surface area contributed by atoms with Gasteiger partial charge in [0.15, 0.2) is 0 Å². The van der Waals surface area contributed by atoms with Crippen LogP contribution in [0.5, 0.6) is 11.5 Å². The minimum atomic E-state index is -0.470. The third-order valence-corrected chi connectivity index (χ3v) is 5.34. The van der Waals surface area contributed by atoms with E-state index in [4.69, 9.17) is 14.2 Å². The van der Waals surface area contributed by atoms with Crippen molar-refractivity contribution >= 4 is 5.97 Å². The Hall–Kier alpha value is -4.31. The Morgan fingerprint density at radius 3 is 1.29 bits per heavy atom. The maximum atomic E-state index is 11.7. The summed E-state index contributed by atoms with van der Waals surface area (Å²) in [5, 5.41) is 0. The lowest BCUT2D eigenvalue weighted by molar-refractivity contribution is -0.135. The van der Waals surface area contributed by atoms with Gasteiger partial charge in [0, 0.05) is 5.57 Å². The topological polar surface area (TPSA) is 44.8 Å². The number of hydrogen-bond donors (Lipinski definition) is 0. The minimum Gasteiger partial charge on any atom is -0.459 e. The van der Waals surface area contributed by atoms with Gasteiger partial charge in [-0.3, -0.25) is 0 Å². The Kier molecular flexibility index (Phi) is 8.11. The van der Waals surface area contributed by atoms with Gasteiger partial charge < -0.3 is 14.2 Å². The van der Waals surface area contributed by atoms with Crippen LogP contribution in [0.15, 0.2) is 121 Å². The predicted octanol–water partition coefficient (Wildman–Crippen LogP) is 8.24. The van der Waals surface area contributed by atoms with Crippen molar-refractivity contribution in [1.82, 2.24) is 0 Å². The number of ether oxygens (including phenoxy) is 3. The van der Waals surface area contributed by atoms with E-state index in [0.29, 0.717) is 28.6 Å². The second-order valence-corrected chi connectivity index (χ2v) is 8.32. The summed E-state index contributed by atoms with van der Waals surface area (Å²) in [4.78, 5) is 11.7. The molecule has 0 aliphatic carbocycles. The van der Waals surface area contributed by atoms with Gasteiger partial charge in [-0.05, 0) is 79.8 Å². The van der Waals surface area contributed by atoms with E-state index in [1.165, 1.54) is 0 Å². The largest absolute Gasteiger partial charge is 0.459 e. The van der Waals surface area contributed by atoms with Crippen LogP contribution < -0.4 is 9.47 Å². The Balaban J connectivity index is 1.66. The van der Waals surface area contributed by atoms with Gasteiger partial charge in [0.1, 0.15) is 28.8 Å². The van der Waals surface area contributed by atoms with Crippen LogP contribution in [0.25, 0.3) is 22.3 Å². The summed E-state index contributed by atoms with van der Waals surface area (Å²) in [6.07, 6.45) is 0. The monoisotopic (exact) mass is 466 g/mol. The molecule has 0 aliphatic rings. The molecular formula is C31H30O4. The van der Waals surface area contributed by atoms with Gasteiger partial charge in [-0.2, -0.15) is 0 Å². The lowest BCUT2D eigenvalue weighted by Crippen LogP contribution is -2.06. The van der Waals surface area contributed by atoms with E-state index in [2.05, 4.69) is 44.0 Å². The van der Waals surface area contributed by atoms with Crippen LogP contribution in [0, 0.1) is 0 Å². The SMILES string of the molecule is C=C(C)C(=C)Oc1ccc(-c2ccc(-c3ccc(O/C(C)=C(\C)OC(=O)C(=C)C)cc3)cc2)cc1. The zero-order valence-electron chi connectivity index (χ0n) is 20.7. The lowest BCUT2D eigenvalue weighted by atomic mass is 10.0. The fourth-order valence-corrected chi connectivity index (χ4v) is 3.06. The molecule has 3 rings (SSSR count). The lowest BCUT2D eigenvalue weighted by Gasteiger charge is -2.11. The van der Waals surface area contributed by atoms with Gasteiger partial charge in [-0.1, -0.05) is 68.3 Å². The highest BCUT2D eigenvalue weighted by Gasteiger charge is 2.09. The second kappa shape index (κ2) is 11.2. The van der Waals surface area contributed by atoms with Gasteiger partial charge in [-0.25, -0.2) is 4.79 Å². The molecule has 0 spiro atoms. The molecule has 3 aromatic carbocycles. The predicted molar refractivity (Wildman–Crippen MR) is 142 cm³/mol. The van der Waals surface area contributed by atoms with E-state index >= 15 is 0 Å². The van der Waals surface area contributed by atoms with E-state index in [-0.39, 0.29) is 0 Å². The summed E-state index contributed by atoms with van der Waals surface area (Å²) in [6, 6.07) is 24.0. The molecule has 0 aliphatic heterocycles. The average molecular weight is 467 g/mol. The fraction of sp³-hybridized carbons (Fsp3) is 0.129. The number of esters is 1. The highest BCUT2D eigenvalue weighted by Crippen LogP contribution is 2.28. The summed E-state index contributed by atoms with van der Waals surface area (Å²) in [5.74, 6) is 2.39. The highest BCUT2D eigenvalue weighted by molar-refractivity contribution is 5.87. The molecule has 0 saturated heterocycles.